The van der Waals surface area contributed by atoms with Crippen molar-refractivity contribution in [1.29, 1.82) is 0 Å². The Kier molecular flexibility index (Phi) is 4.57. The monoisotopic (exact) mass is 287 g/mol. The van der Waals surface area contributed by atoms with Crippen molar-refractivity contribution in [1.82, 2.24) is 20.5 Å². The topological polar surface area (TPSA) is 63.2 Å². The van der Waals surface area contributed by atoms with E-state index in [0.29, 0.717) is 6.04 Å². The van der Waals surface area contributed by atoms with E-state index in [9.17, 15) is 0 Å². The second-order valence-corrected chi connectivity index (χ2v) is 5.29. The molecule has 2 heterocycles. The number of hydrogen-bond acceptors (Lipinski definition) is 6. The molecule has 1 saturated heterocycles. The minimum Gasteiger partial charge on any atom is -0.383 e. The van der Waals surface area contributed by atoms with Gasteiger partial charge in [-0.25, -0.2) is 4.98 Å². The number of aromatic nitrogens is 3. The average Bonchev–Trinajstić information content (AvgIpc) is 2.99. The molecule has 1 aromatic heterocycles. The third kappa shape index (κ3) is 3.28. The molecule has 1 aliphatic rings. The Morgan fingerprint density at radius 3 is 3.00 bits per heavy atom. The molecule has 2 aromatic rings. The molecule has 0 radical (unpaired) electrons. The van der Waals surface area contributed by atoms with E-state index in [-0.39, 0.29) is 0 Å². The van der Waals surface area contributed by atoms with Crippen molar-refractivity contribution in [2.75, 3.05) is 38.3 Å². The number of nitrogens with one attached hydrogen (secondary N) is 1. The maximum atomic E-state index is 5.06. The molecule has 0 spiro atoms. The number of para-hydroxylation sites is 1. The third-order valence-electron chi connectivity index (χ3n) is 3.85. The van der Waals surface area contributed by atoms with Crippen molar-refractivity contribution in [3.8, 4) is 0 Å². The maximum Gasteiger partial charge on any atom is 0.246 e. The first-order valence-corrected chi connectivity index (χ1v) is 7.44. The van der Waals surface area contributed by atoms with Gasteiger partial charge in [-0.05, 0) is 25.0 Å². The van der Waals surface area contributed by atoms with E-state index in [4.69, 9.17) is 4.74 Å². The summed E-state index contributed by atoms with van der Waals surface area (Å²) in [5.74, 6) is 0.741. The summed E-state index contributed by atoms with van der Waals surface area (Å²) in [6.45, 7) is 3.54. The van der Waals surface area contributed by atoms with Crippen LogP contribution in [0.5, 0.6) is 0 Å². The first kappa shape index (κ1) is 14.2. The molecule has 1 fully saturated rings. The molecule has 3 rings (SSSR count). The van der Waals surface area contributed by atoms with Crippen LogP contribution in [0.1, 0.15) is 12.8 Å². The Morgan fingerprint density at radius 1 is 1.29 bits per heavy atom. The van der Waals surface area contributed by atoms with E-state index in [1.165, 1.54) is 6.42 Å². The van der Waals surface area contributed by atoms with Crippen molar-refractivity contribution in [2.24, 2.45) is 0 Å². The predicted octanol–water partition coefficient (Wildman–Crippen LogP) is 1.23. The van der Waals surface area contributed by atoms with Gasteiger partial charge in [-0.2, -0.15) is 0 Å². The number of nitrogens with zero attached hydrogens (tertiary/aromatic N) is 4. The van der Waals surface area contributed by atoms with Crippen LogP contribution in [0.3, 0.4) is 0 Å². The van der Waals surface area contributed by atoms with Gasteiger partial charge in [-0.15, -0.1) is 10.2 Å². The van der Waals surface area contributed by atoms with Gasteiger partial charge in [-0.3, -0.25) is 0 Å². The van der Waals surface area contributed by atoms with Crippen molar-refractivity contribution < 1.29 is 4.74 Å². The van der Waals surface area contributed by atoms with Crippen molar-refractivity contribution in [3.05, 3.63) is 24.3 Å². The lowest BCUT2D eigenvalue weighted by molar-refractivity contribution is 0.199. The summed E-state index contributed by atoms with van der Waals surface area (Å²) in [4.78, 5) is 6.91. The molecule has 1 atom stereocenters. The molecule has 1 aliphatic heterocycles. The van der Waals surface area contributed by atoms with Crippen LogP contribution in [0.4, 0.5) is 5.95 Å². The van der Waals surface area contributed by atoms with Gasteiger partial charge >= 0.3 is 0 Å². The average molecular weight is 287 g/mol. The van der Waals surface area contributed by atoms with E-state index in [1.807, 2.05) is 24.3 Å². The summed E-state index contributed by atoms with van der Waals surface area (Å²) < 4.78 is 5.06. The highest BCUT2D eigenvalue weighted by molar-refractivity contribution is 5.74. The largest absolute Gasteiger partial charge is 0.383 e. The zero-order valence-corrected chi connectivity index (χ0v) is 12.3. The van der Waals surface area contributed by atoms with Gasteiger partial charge in [0.1, 0.15) is 5.52 Å². The van der Waals surface area contributed by atoms with Crippen LogP contribution in [0.2, 0.25) is 0 Å². The van der Waals surface area contributed by atoms with Crippen LogP contribution in [0.15, 0.2) is 24.3 Å². The lowest BCUT2D eigenvalue weighted by Gasteiger charge is -2.24. The summed E-state index contributed by atoms with van der Waals surface area (Å²) in [5.41, 5.74) is 1.75. The minimum atomic E-state index is 0.435. The number of methoxy groups -OCH3 is 1. The van der Waals surface area contributed by atoms with Gasteiger partial charge < -0.3 is 15.0 Å². The number of benzene rings is 1. The van der Waals surface area contributed by atoms with Gasteiger partial charge in [0, 0.05) is 32.8 Å². The van der Waals surface area contributed by atoms with Crippen LogP contribution in [0.25, 0.3) is 11.0 Å². The van der Waals surface area contributed by atoms with Crippen LogP contribution in [-0.4, -0.2) is 54.6 Å². The molecule has 1 unspecified atom stereocenters. The fourth-order valence-corrected chi connectivity index (χ4v) is 2.75. The number of fused-ring (bicyclic) bond motifs is 1. The van der Waals surface area contributed by atoms with Crippen molar-refractivity contribution >= 4 is 17.0 Å². The molecule has 6 heteroatoms. The molecule has 0 bridgehead atoms. The predicted molar refractivity (Wildman–Crippen MR) is 82.4 cm³/mol. The van der Waals surface area contributed by atoms with Crippen molar-refractivity contribution in [3.63, 3.8) is 0 Å². The second kappa shape index (κ2) is 6.78. The van der Waals surface area contributed by atoms with Crippen LogP contribution in [0, 0.1) is 0 Å². The van der Waals surface area contributed by atoms with Gasteiger partial charge in [0.2, 0.25) is 5.95 Å². The van der Waals surface area contributed by atoms with Gasteiger partial charge in [0.25, 0.3) is 0 Å². The Morgan fingerprint density at radius 2 is 2.14 bits per heavy atom. The number of hydrogen-bond donors (Lipinski definition) is 1. The molecule has 112 valence electrons. The van der Waals surface area contributed by atoms with Gasteiger partial charge in [0.15, 0.2) is 0 Å². The lowest BCUT2D eigenvalue weighted by Crippen LogP contribution is -2.39. The molecule has 0 aliphatic carbocycles. The molecule has 6 nitrogen and oxygen atoms in total. The van der Waals surface area contributed by atoms with Crippen LogP contribution < -0.4 is 10.2 Å². The van der Waals surface area contributed by atoms with E-state index in [1.54, 1.807) is 7.11 Å². The molecule has 21 heavy (non-hydrogen) atoms. The molecule has 1 aromatic carbocycles. The zero-order valence-electron chi connectivity index (χ0n) is 12.3. The molecular formula is C15H21N5O. The van der Waals surface area contributed by atoms with Gasteiger partial charge in [0.05, 0.1) is 12.1 Å². The van der Waals surface area contributed by atoms with Crippen LogP contribution >= 0.6 is 0 Å². The standard InChI is InChI=1S/C15H21N5O/c1-21-10-8-16-11-12-5-4-9-20(12)15-17-13-6-2-3-7-14(13)18-19-15/h2-3,6-7,12,16H,4-5,8-11H2,1H3. The number of anilines is 1. The Bertz CT molecular complexity index is 591. The lowest BCUT2D eigenvalue weighted by atomic mass is 10.2. The normalized spacial score (nSPS) is 18.5. The number of ether oxygens (including phenoxy) is 1. The fourth-order valence-electron chi connectivity index (χ4n) is 2.75. The Labute approximate surface area is 124 Å². The number of rotatable bonds is 6. The summed E-state index contributed by atoms with van der Waals surface area (Å²) in [6.07, 6.45) is 2.34. The molecule has 0 saturated carbocycles. The van der Waals surface area contributed by atoms with Gasteiger partial charge in [-0.1, -0.05) is 12.1 Å². The molecule has 1 N–H and O–H groups in total. The minimum absolute atomic E-state index is 0.435. The second-order valence-electron chi connectivity index (χ2n) is 5.29. The van der Waals surface area contributed by atoms with E-state index >= 15 is 0 Å². The summed E-state index contributed by atoms with van der Waals surface area (Å²) in [7, 11) is 1.72. The first-order valence-electron chi connectivity index (χ1n) is 7.44. The Balaban J connectivity index is 1.70. The smallest absolute Gasteiger partial charge is 0.246 e. The molecule has 0 amide bonds. The summed E-state index contributed by atoms with van der Waals surface area (Å²) in [5, 5.41) is 12.0. The zero-order chi connectivity index (χ0) is 14.5. The Hall–Kier alpha value is -1.79. The van der Waals surface area contributed by atoms with E-state index < -0.39 is 0 Å². The third-order valence-corrected chi connectivity index (χ3v) is 3.85. The fraction of sp³-hybridized carbons (Fsp3) is 0.533. The highest BCUT2D eigenvalue weighted by atomic mass is 16.5. The summed E-state index contributed by atoms with van der Waals surface area (Å²) >= 11 is 0. The van der Waals surface area contributed by atoms with E-state index in [0.717, 1.165) is 49.6 Å². The molecular weight excluding hydrogens is 266 g/mol. The van der Waals surface area contributed by atoms with Crippen molar-refractivity contribution in [2.45, 2.75) is 18.9 Å². The quantitative estimate of drug-likeness (QED) is 0.806. The van der Waals surface area contributed by atoms with E-state index in [2.05, 4.69) is 25.4 Å². The maximum absolute atomic E-state index is 5.06. The van der Waals surface area contributed by atoms with Crippen LogP contribution in [-0.2, 0) is 4.74 Å². The SMILES string of the molecule is COCCNCC1CCCN1c1nnc2ccccc2n1. The highest BCUT2D eigenvalue weighted by Gasteiger charge is 2.26. The highest BCUT2D eigenvalue weighted by Crippen LogP contribution is 2.22. The first-order chi connectivity index (χ1) is 10.4. The summed E-state index contributed by atoms with van der Waals surface area (Å²) in [6, 6.07) is 8.29.